The molecular formula is C21H30N2O3S. The number of thioether (sulfide) groups is 1. The van der Waals surface area contributed by atoms with Crippen LogP contribution in [0.15, 0.2) is 30.3 Å². The van der Waals surface area contributed by atoms with Gasteiger partial charge in [-0.15, -0.1) is 0 Å². The number of nitrogens with zero attached hydrogens (tertiary/aromatic N) is 2. The maximum absolute atomic E-state index is 12.1. The van der Waals surface area contributed by atoms with Crippen LogP contribution in [0.3, 0.4) is 0 Å². The number of carbonyl (C=O) groups excluding carboxylic acids is 2. The van der Waals surface area contributed by atoms with E-state index in [2.05, 4.69) is 41.3 Å². The van der Waals surface area contributed by atoms with Crippen LogP contribution in [0, 0.1) is 0 Å². The number of hydrogen-bond acceptors (Lipinski definition) is 5. The van der Waals surface area contributed by atoms with Gasteiger partial charge in [0.25, 0.3) is 0 Å². The minimum Gasteiger partial charge on any atom is -0.444 e. The van der Waals surface area contributed by atoms with Crippen molar-refractivity contribution in [2.45, 2.75) is 39.7 Å². The smallest absolute Gasteiger partial charge is 0.410 e. The summed E-state index contributed by atoms with van der Waals surface area (Å²) >= 11 is 1.36. The summed E-state index contributed by atoms with van der Waals surface area (Å²) < 4.78 is 5.44. The molecule has 1 aliphatic rings. The van der Waals surface area contributed by atoms with E-state index in [1.807, 2.05) is 20.8 Å². The molecule has 0 spiro atoms. The van der Waals surface area contributed by atoms with E-state index in [0.29, 0.717) is 13.1 Å². The monoisotopic (exact) mass is 390 g/mol. The van der Waals surface area contributed by atoms with Gasteiger partial charge >= 0.3 is 6.09 Å². The van der Waals surface area contributed by atoms with Crippen LogP contribution in [-0.2, 0) is 9.53 Å². The molecule has 6 heteroatoms. The molecule has 0 saturated carbocycles. The number of anilines is 1. The molecule has 27 heavy (non-hydrogen) atoms. The third kappa shape index (κ3) is 7.67. The van der Waals surface area contributed by atoms with E-state index < -0.39 is 5.60 Å². The first-order chi connectivity index (χ1) is 12.7. The van der Waals surface area contributed by atoms with E-state index in [9.17, 15) is 9.59 Å². The van der Waals surface area contributed by atoms with Gasteiger partial charge in [0, 0.05) is 44.5 Å². The highest BCUT2D eigenvalue weighted by atomic mass is 32.2. The van der Waals surface area contributed by atoms with E-state index in [0.717, 1.165) is 30.8 Å². The van der Waals surface area contributed by atoms with Gasteiger partial charge in [-0.05, 0) is 44.9 Å². The summed E-state index contributed by atoms with van der Waals surface area (Å²) in [6.07, 6.45) is 4.85. The molecule has 1 heterocycles. The largest absolute Gasteiger partial charge is 0.444 e. The summed E-state index contributed by atoms with van der Waals surface area (Å²) in [5.41, 5.74) is 1.87. The molecule has 0 bridgehead atoms. The van der Waals surface area contributed by atoms with Crippen molar-refractivity contribution in [1.82, 2.24) is 4.90 Å². The van der Waals surface area contributed by atoms with Gasteiger partial charge < -0.3 is 14.5 Å². The Hall–Kier alpha value is -1.95. The number of benzene rings is 1. The Labute approximate surface area is 166 Å². The van der Waals surface area contributed by atoms with Gasteiger partial charge in [-0.3, -0.25) is 4.79 Å². The van der Waals surface area contributed by atoms with Gasteiger partial charge in [-0.2, -0.15) is 0 Å². The molecule has 1 amide bonds. The lowest BCUT2D eigenvalue weighted by molar-refractivity contribution is -0.109. The van der Waals surface area contributed by atoms with Crippen LogP contribution in [-0.4, -0.2) is 53.6 Å². The molecule has 1 aromatic rings. The Morgan fingerprint density at radius 1 is 1.11 bits per heavy atom. The number of carbonyl (C=O) groups is 2. The summed E-state index contributed by atoms with van der Waals surface area (Å²) in [4.78, 5) is 27.1. The summed E-state index contributed by atoms with van der Waals surface area (Å²) in [5, 5.41) is 0.166. The lowest BCUT2D eigenvalue weighted by Crippen LogP contribution is -2.50. The minimum absolute atomic E-state index is 0.166. The van der Waals surface area contributed by atoms with Crippen molar-refractivity contribution in [2.75, 3.05) is 36.8 Å². The lowest BCUT2D eigenvalue weighted by atomic mass is 10.1. The Morgan fingerprint density at radius 2 is 1.74 bits per heavy atom. The topological polar surface area (TPSA) is 49.9 Å². The highest BCUT2D eigenvalue weighted by Gasteiger charge is 2.25. The van der Waals surface area contributed by atoms with Gasteiger partial charge in [-0.25, -0.2) is 4.79 Å². The molecule has 1 saturated heterocycles. The molecule has 5 nitrogen and oxygen atoms in total. The Bertz CT molecular complexity index is 657. The predicted molar refractivity (Wildman–Crippen MR) is 113 cm³/mol. The first-order valence-electron chi connectivity index (χ1n) is 9.37. The fourth-order valence-electron chi connectivity index (χ4n) is 2.76. The normalized spacial score (nSPS) is 15.3. The third-order valence-corrected chi connectivity index (χ3v) is 4.94. The minimum atomic E-state index is -0.456. The molecule has 0 aliphatic carbocycles. The molecule has 1 aliphatic heterocycles. The Kier molecular flexibility index (Phi) is 7.78. The fraction of sp³-hybridized carbons (Fsp3) is 0.524. The number of amides is 1. The average Bonchev–Trinajstić information content (AvgIpc) is 2.60. The van der Waals surface area contributed by atoms with Crippen molar-refractivity contribution >= 4 is 34.7 Å². The summed E-state index contributed by atoms with van der Waals surface area (Å²) in [7, 11) is 0. The number of hydrogen-bond donors (Lipinski definition) is 0. The van der Waals surface area contributed by atoms with Gasteiger partial charge in [0.2, 0.25) is 0 Å². The highest BCUT2D eigenvalue weighted by Crippen LogP contribution is 2.19. The fourth-order valence-corrected chi connectivity index (χ4v) is 3.30. The Morgan fingerprint density at radius 3 is 2.30 bits per heavy atom. The summed E-state index contributed by atoms with van der Waals surface area (Å²) in [6.45, 7) is 10.2. The van der Waals surface area contributed by atoms with Crippen molar-refractivity contribution in [3.63, 3.8) is 0 Å². The molecule has 1 fully saturated rings. The van der Waals surface area contributed by atoms with Crippen LogP contribution in [0.4, 0.5) is 10.5 Å². The van der Waals surface area contributed by atoms with E-state index >= 15 is 0 Å². The zero-order valence-corrected chi connectivity index (χ0v) is 17.6. The summed E-state index contributed by atoms with van der Waals surface area (Å²) in [6, 6.07) is 8.44. The number of piperazine rings is 1. The second-order valence-corrected chi connectivity index (χ2v) is 8.85. The van der Waals surface area contributed by atoms with Crippen molar-refractivity contribution in [2.24, 2.45) is 0 Å². The lowest BCUT2D eigenvalue weighted by Gasteiger charge is -2.36. The first-order valence-corrected chi connectivity index (χ1v) is 10.4. The van der Waals surface area contributed by atoms with Crippen LogP contribution in [0.25, 0.3) is 6.08 Å². The van der Waals surface area contributed by atoms with Crippen LogP contribution < -0.4 is 4.90 Å². The van der Waals surface area contributed by atoms with Crippen molar-refractivity contribution in [3.05, 3.63) is 35.9 Å². The van der Waals surface area contributed by atoms with Crippen LogP contribution in [0.1, 0.15) is 39.7 Å². The van der Waals surface area contributed by atoms with Crippen molar-refractivity contribution in [3.8, 4) is 0 Å². The molecule has 2 rings (SSSR count). The number of allylic oxidation sites excluding steroid dienone is 1. The standard InChI is InChI=1S/C21H30N2O3S/c1-17(24)27-16-6-5-7-18-8-10-19(11-9-18)22-12-14-23(15-13-22)20(25)26-21(2,3)4/h5,7-11H,6,12-16H2,1-4H3. The zero-order chi connectivity index (χ0) is 19.9. The maximum atomic E-state index is 12.1. The second-order valence-electron chi connectivity index (χ2n) is 7.58. The molecule has 0 N–H and O–H groups in total. The molecule has 0 radical (unpaired) electrons. The maximum Gasteiger partial charge on any atom is 0.410 e. The van der Waals surface area contributed by atoms with E-state index in [1.165, 1.54) is 17.4 Å². The molecule has 0 unspecified atom stereocenters. The Balaban J connectivity index is 1.80. The SMILES string of the molecule is CC(=O)SCCC=Cc1ccc(N2CCN(C(=O)OC(C)(C)C)CC2)cc1. The molecular weight excluding hydrogens is 360 g/mol. The van der Waals surface area contributed by atoms with Gasteiger partial charge in [0.05, 0.1) is 0 Å². The van der Waals surface area contributed by atoms with E-state index in [4.69, 9.17) is 4.74 Å². The first kappa shape index (κ1) is 21.4. The van der Waals surface area contributed by atoms with Crippen molar-refractivity contribution in [1.29, 1.82) is 0 Å². The third-order valence-electron chi connectivity index (χ3n) is 4.09. The van der Waals surface area contributed by atoms with Gasteiger partial charge in [0.1, 0.15) is 5.60 Å². The number of rotatable bonds is 5. The molecule has 148 valence electrons. The van der Waals surface area contributed by atoms with Gasteiger partial charge in [-0.1, -0.05) is 36.0 Å². The van der Waals surface area contributed by atoms with Crippen molar-refractivity contribution < 1.29 is 14.3 Å². The average molecular weight is 391 g/mol. The number of ether oxygens (including phenoxy) is 1. The highest BCUT2D eigenvalue weighted by molar-refractivity contribution is 8.13. The predicted octanol–water partition coefficient (Wildman–Crippen LogP) is 4.43. The quantitative estimate of drug-likeness (QED) is 0.696. The molecule has 1 aromatic carbocycles. The van der Waals surface area contributed by atoms with E-state index in [1.54, 1.807) is 11.8 Å². The molecule has 0 atom stereocenters. The van der Waals surface area contributed by atoms with Gasteiger partial charge in [0.15, 0.2) is 5.12 Å². The van der Waals surface area contributed by atoms with Crippen LogP contribution in [0.2, 0.25) is 0 Å². The zero-order valence-electron chi connectivity index (χ0n) is 16.7. The van der Waals surface area contributed by atoms with Crippen LogP contribution >= 0.6 is 11.8 Å². The second kappa shape index (κ2) is 9.83. The summed E-state index contributed by atoms with van der Waals surface area (Å²) in [5.74, 6) is 0.825. The molecule has 0 aromatic heterocycles. The van der Waals surface area contributed by atoms with Crippen LogP contribution in [0.5, 0.6) is 0 Å². The van der Waals surface area contributed by atoms with E-state index in [-0.39, 0.29) is 11.2 Å².